The fourth-order valence-corrected chi connectivity index (χ4v) is 1.21. The molecule has 16 heavy (non-hydrogen) atoms. The van der Waals surface area contributed by atoms with Crippen molar-refractivity contribution in [3.63, 3.8) is 0 Å². The third-order valence-corrected chi connectivity index (χ3v) is 1.92. The van der Waals surface area contributed by atoms with E-state index in [2.05, 4.69) is 27.3 Å². The van der Waals surface area contributed by atoms with Crippen LogP contribution in [0.25, 0.3) is 0 Å². The first-order valence-corrected chi connectivity index (χ1v) is 5.47. The van der Waals surface area contributed by atoms with Gasteiger partial charge >= 0.3 is 0 Å². The van der Waals surface area contributed by atoms with Crippen LogP contribution in [-0.4, -0.2) is 35.4 Å². The number of hydrogen-bond donors (Lipinski definition) is 2. The Bertz CT molecular complexity index is 315. The molecule has 0 saturated carbocycles. The smallest absolute Gasteiger partial charge is 0.191 e. The van der Waals surface area contributed by atoms with Crippen LogP contribution in [0.2, 0.25) is 0 Å². The van der Waals surface area contributed by atoms with Crippen LogP contribution in [0.1, 0.15) is 6.92 Å². The van der Waals surface area contributed by atoms with Crippen LogP contribution in [0.4, 0.5) is 0 Å². The van der Waals surface area contributed by atoms with E-state index in [9.17, 15) is 0 Å². The van der Waals surface area contributed by atoms with Gasteiger partial charge in [0.05, 0.1) is 13.1 Å². The second kappa shape index (κ2) is 7.50. The van der Waals surface area contributed by atoms with Crippen molar-refractivity contribution < 1.29 is 0 Å². The lowest BCUT2D eigenvalue weighted by Crippen LogP contribution is -2.37. The van der Waals surface area contributed by atoms with Crippen molar-refractivity contribution in [2.24, 2.45) is 4.99 Å². The molecule has 0 atom stereocenters. The lowest BCUT2D eigenvalue weighted by atomic mass is 10.6. The van der Waals surface area contributed by atoms with Gasteiger partial charge in [-0.2, -0.15) is 5.10 Å². The summed E-state index contributed by atoms with van der Waals surface area (Å²) < 4.78 is 1.86. The normalized spacial score (nSPS) is 11.2. The molecule has 0 aliphatic heterocycles. The summed E-state index contributed by atoms with van der Waals surface area (Å²) in [5.74, 6) is 0.814. The van der Waals surface area contributed by atoms with Crippen molar-refractivity contribution in [3.8, 4) is 0 Å². The van der Waals surface area contributed by atoms with Crippen molar-refractivity contribution in [1.82, 2.24) is 20.4 Å². The van der Waals surface area contributed by atoms with Crippen molar-refractivity contribution in [2.45, 2.75) is 13.5 Å². The number of aromatic nitrogens is 2. The van der Waals surface area contributed by atoms with Crippen molar-refractivity contribution >= 4 is 5.96 Å². The zero-order valence-electron chi connectivity index (χ0n) is 9.69. The van der Waals surface area contributed by atoms with E-state index < -0.39 is 0 Å². The third-order valence-electron chi connectivity index (χ3n) is 1.92. The summed E-state index contributed by atoms with van der Waals surface area (Å²) in [6.07, 6.45) is 5.50. The van der Waals surface area contributed by atoms with E-state index in [-0.39, 0.29) is 0 Å². The fourth-order valence-electron chi connectivity index (χ4n) is 1.21. The Morgan fingerprint density at radius 1 is 1.56 bits per heavy atom. The van der Waals surface area contributed by atoms with Gasteiger partial charge < -0.3 is 10.6 Å². The van der Waals surface area contributed by atoms with Gasteiger partial charge in [-0.3, -0.25) is 9.67 Å². The SMILES string of the molecule is C=CCNC(=NCCn1cccn1)NCC. The number of hydrogen-bond acceptors (Lipinski definition) is 2. The number of guanidine groups is 1. The Morgan fingerprint density at radius 3 is 3.06 bits per heavy atom. The molecule has 0 aliphatic rings. The van der Waals surface area contributed by atoms with Gasteiger partial charge in [-0.15, -0.1) is 6.58 Å². The lowest BCUT2D eigenvalue weighted by Gasteiger charge is -2.09. The standard InChI is InChI=1S/C11H19N5/c1-3-6-13-11(12-4-2)14-8-10-16-9-5-7-15-16/h3,5,7,9H,1,4,6,8,10H2,2H3,(H2,12,13,14). The molecule has 88 valence electrons. The molecule has 0 aromatic carbocycles. The predicted molar refractivity (Wildman–Crippen MR) is 66.4 cm³/mol. The summed E-state index contributed by atoms with van der Waals surface area (Å²) >= 11 is 0. The summed E-state index contributed by atoms with van der Waals surface area (Å²) in [6.45, 7) is 8.75. The molecule has 1 aromatic heterocycles. The Morgan fingerprint density at radius 2 is 2.44 bits per heavy atom. The number of nitrogens with zero attached hydrogens (tertiary/aromatic N) is 3. The van der Waals surface area contributed by atoms with E-state index in [0.29, 0.717) is 13.1 Å². The second-order valence-electron chi connectivity index (χ2n) is 3.20. The molecular formula is C11H19N5. The Hall–Kier alpha value is -1.78. The molecule has 0 amide bonds. The monoisotopic (exact) mass is 221 g/mol. The highest BCUT2D eigenvalue weighted by Crippen LogP contribution is 1.85. The Labute approximate surface area is 96.3 Å². The van der Waals surface area contributed by atoms with Crippen LogP contribution in [0.5, 0.6) is 0 Å². The molecule has 0 aliphatic carbocycles. The molecular weight excluding hydrogens is 202 g/mol. The van der Waals surface area contributed by atoms with Crippen LogP contribution in [0.3, 0.4) is 0 Å². The first-order chi connectivity index (χ1) is 7.86. The summed E-state index contributed by atoms with van der Waals surface area (Å²) in [6, 6.07) is 1.91. The zero-order valence-corrected chi connectivity index (χ0v) is 9.69. The van der Waals surface area contributed by atoms with Crippen LogP contribution in [0, 0.1) is 0 Å². The topological polar surface area (TPSA) is 54.2 Å². The van der Waals surface area contributed by atoms with Gasteiger partial charge in [0.1, 0.15) is 0 Å². The van der Waals surface area contributed by atoms with Gasteiger partial charge in [0, 0.05) is 25.5 Å². The molecule has 2 N–H and O–H groups in total. The second-order valence-corrected chi connectivity index (χ2v) is 3.20. The highest BCUT2D eigenvalue weighted by atomic mass is 15.3. The minimum atomic E-state index is 0.703. The number of aliphatic imine (C=N–C) groups is 1. The maximum absolute atomic E-state index is 4.41. The van der Waals surface area contributed by atoms with Crippen LogP contribution < -0.4 is 10.6 Å². The molecule has 5 heteroatoms. The zero-order chi connectivity index (χ0) is 11.6. The van der Waals surface area contributed by atoms with E-state index in [1.54, 1.807) is 12.3 Å². The molecule has 0 spiro atoms. The summed E-state index contributed by atoms with van der Waals surface area (Å²) in [5, 5.41) is 10.4. The Balaban J connectivity index is 2.34. The number of nitrogens with one attached hydrogen (secondary N) is 2. The minimum Gasteiger partial charge on any atom is -0.357 e. The average Bonchev–Trinajstić information content (AvgIpc) is 2.79. The highest BCUT2D eigenvalue weighted by Gasteiger charge is 1.94. The fraction of sp³-hybridized carbons (Fsp3) is 0.455. The van der Waals surface area contributed by atoms with Crippen LogP contribution in [-0.2, 0) is 6.54 Å². The summed E-state index contributed by atoms with van der Waals surface area (Å²) in [7, 11) is 0. The maximum Gasteiger partial charge on any atom is 0.191 e. The predicted octanol–water partition coefficient (Wildman–Crippen LogP) is 0.624. The first-order valence-electron chi connectivity index (χ1n) is 5.47. The molecule has 0 bridgehead atoms. The van der Waals surface area contributed by atoms with Gasteiger partial charge in [0.2, 0.25) is 0 Å². The third kappa shape index (κ3) is 4.63. The maximum atomic E-state index is 4.41. The van der Waals surface area contributed by atoms with E-state index in [1.165, 1.54) is 0 Å². The minimum absolute atomic E-state index is 0.703. The summed E-state index contributed by atoms with van der Waals surface area (Å²) in [5.41, 5.74) is 0. The lowest BCUT2D eigenvalue weighted by molar-refractivity contribution is 0.623. The van der Waals surface area contributed by atoms with Gasteiger partial charge in [0.15, 0.2) is 5.96 Å². The molecule has 1 aromatic rings. The van der Waals surface area contributed by atoms with Crippen molar-refractivity contribution in [1.29, 1.82) is 0 Å². The molecule has 5 nitrogen and oxygen atoms in total. The van der Waals surface area contributed by atoms with Crippen LogP contribution in [0.15, 0.2) is 36.1 Å². The first kappa shape index (κ1) is 12.3. The average molecular weight is 221 g/mol. The largest absolute Gasteiger partial charge is 0.357 e. The Kier molecular flexibility index (Phi) is 5.76. The molecule has 1 rings (SSSR count). The highest BCUT2D eigenvalue weighted by molar-refractivity contribution is 5.79. The van der Waals surface area contributed by atoms with Gasteiger partial charge in [-0.1, -0.05) is 6.08 Å². The molecule has 0 fully saturated rings. The quantitative estimate of drug-likeness (QED) is 0.421. The van der Waals surface area contributed by atoms with Crippen molar-refractivity contribution in [3.05, 3.63) is 31.1 Å². The van der Waals surface area contributed by atoms with Gasteiger partial charge in [-0.25, -0.2) is 0 Å². The van der Waals surface area contributed by atoms with E-state index in [0.717, 1.165) is 19.0 Å². The number of rotatable bonds is 6. The molecule has 0 radical (unpaired) electrons. The van der Waals surface area contributed by atoms with Gasteiger partial charge in [0.25, 0.3) is 0 Å². The van der Waals surface area contributed by atoms with E-state index in [4.69, 9.17) is 0 Å². The summed E-state index contributed by atoms with van der Waals surface area (Å²) in [4.78, 5) is 4.41. The van der Waals surface area contributed by atoms with E-state index in [1.807, 2.05) is 23.9 Å². The van der Waals surface area contributed by atoms with Gasteiger partial charge in [-0.05, 0) is 13.0 Å². The molecule has 0 unspecified atom stereocenters. The molecule has 0 saturated heterocycles. The molecule has 1 heterocycles. The van der Waals surface area contributed by atoms with E-state index >= 15 is 0 Å². The van der Waals surface area contributed by atoms with Crippen LogP contribution >= 0.6 is 0 Å². The van der Waals surface area contributed by atoms with Crippen molar-refractivity contribution in [2.75, 3.05) is 19.6 Å².